The van der Waals surface area contributed by atoms with Gasteiger partial charge in [0.1, 0.15) is 10.5 Å². The Labute approximate surface area is 204 Å². The monoisotopic (exact) mass is 496 g/mol. The first-order chi connectivity index (χ1) is 16.5. The van der Waals surface area contributed by atoms with Gasteiger partial charge in [0, 0.05) is 47.1 Å². The summed E-state index contributed by atoms with van der Waals surface area (Å²) in [5.74, 6) is 0.0186. The maximum absolute atomic E-state index is 14.4. The smallest absolute Gasteiger partial charge is 0.270 e. The van der Waals surface area contributed by atoms with Gasteiger partial charge in [-0.3, -0.25) is 14.6 Å². The van der Waals surface area contributed by atoms with Crippen LogP contribution < -0.4 is 15.8 Å². The number of nitrogens with zero attached hydrogens (tertiary/aromatic N) is 2. The molecule has 0 bridgehead atoms. The van der Waals surface area contributed by atoms with E-state index in [1.165, 1.54) is 17.4 Å². The first-order valence-corrected chi connectivity index (χ1v) is 12.3. The minimum Gasteiger partial charge on any atom is -0.352 e. The molecule has 0 unspecified atom stereocenters. The van der Waals surface area contributed by atoms with Gasteiger partial charge in [0.05, 0.1) is 5.52 Å². The number of aromatic nitrogens is 2. The lowest BCUT2D eigenvalue weighted by Gasteiger charge is -2.31. The van der Waals surface area contributed by atoms with Crippen LogP contribution in [0.5, 0.6) is 0 Å². The average Bonchev–Trinajstić information content (AvgIpc) is 3.28. The molecule has 174 valence electrons. The quantitative estimate of drug-likeness (QED) is 0.408. The molecule has 0 atom stereocenters. The number of aromatic amines is 1. The topological polar surface area (TPSA) is 78.1 Å². The van der Waals surface area contributed by atoms with Crippen LogP contribution in [0.2, 0.25) is 5.02 Å². The lowest BCUT2D eigenvalue weighted by atomic mass is 9.96. The second-order valence-corrected chi connectivity index (χ2v) is 9.62. The molecule has 1 saturated heterocycles. The van der Waals surface area contributed by atoms with E-state index in [2.05, 4.69) is 10.3 Å². The third kappa shape index (κ3) is 4.56. The number of hydrogen-bond acceptors (Lipinski definition) is 5. The molecule has 2 aromatic carbocycles. The number of rotatable bonds is 5. The summed E-state index contributed by atoms with van der Waals surface area (Å²) >= 11 is 7.16. The van der Waals surface area contributed by atoms with Gasteiger partial charge >= 0.3 is 0 Å². The second kappa shape index (κ2) is 9.56. The fourth-order valence-electron chi connectivity index (χ4n) is 4.23. The molecule has 4 aromatic rings. The zero-order chi connectivity index (χ0) is 23.7. The van der Waals surface area contributed by atoms with Gasteiger partial charge in [-0.1, -0.05) is 41.9 Å². The highest BCUT2D eigenvalue weighted by Gasteiger charge is 2.26. The molecule has 0 saturated carbocycles. The Morgan fingerprint density at radius 3 is 2.62 bits per heavy atom. The molecule has 5 rings (SSSR count). The minimum atomic E-state index is -0.351. The van der Waals surface area contributed by atoms with Crippen molar-refractivity contribution in [3.8, 4) is 11.1 Å². The lowest BCUT2D eigenvalue weighted by Crippen LogP contribution is -2.41. The molecule has 1 amide bonds. The van der Waals surface area contributed by atoms with Crippen LogP contribution in [-0.2, 0) is 11.3 Å². The van der Waals surface area contributed by atoms with E-state index in [1.807, 2.05) is 17.0 Å². The standard InChI is InChI=1S/C25H22ClFN4O2S/c26-17-7-5-15(6-8-17)13-28-23(32)16-9-11-31(12-10-16)25-29-21-19(14-34-22(21)24(33)30-25)18-3-1-2-4-20(18)27/h1-8,14,16H,9-13H2,(H,28,32)(H,29,30,33). The summed E-state index contributed by atoms with van der Waals surface area (Å²) in [6, 6.07) is 13.9. The number of anilines is 1. The predicted octanol–water partition coefficient (Wildman–Crippen LogP) is 4.98. The van der Waals surface area contributed by atoms with E-state index in [0.717, 1.165) is 5.56 Å². The molecule has 6 nitrogen and oxygen atoms in total. The molecular weight excluding hydrogens is 475 g/mol. The van der Waals surface area contributed by atoms with E-state index in [0.29, 0.717) is 64.8 Å². The number of nitrogens with one attached hydrogen (secondary N) is 2. The summed E-state index contributed by atoms with van der Waals surface area (Å²) in [6.45, 7) is 1.64. The SMILES string of the molecule is O=C(NCc1ccc(Cl)cc1)C1CCN(c2nc3c(-c4ccccc4F)csc3c(=O)[nH]2)CC1. The van der Waals surface area contributed by atoms with Crippen molar-refractivity contribution in [3.05, 3.63) is 80.7 Å². The van der Waals surface area contributed by atoms with Crippen molar-refractivity contribution in [2.45, 2.75) is 19.4 Å². The molecule has 2 N–H and O–H groups in total. The summed E-state index contributed by atoms with van der Waals surface area (Å²) < 4.78 is 14.9. The van der Waals surface area contributed by atoms with E-state index in [1.54, 1.807) is 35.7 Å². The van der Waals surface area contributed by atoms with Crippen molar-refractivity contribution in [1.29, 1.82) is 0 Å². The van der Waals surface area contributed by atoms with Crippen LogP contribution in [0.3, 0.4) is 0 Å². The Hall–Kier alpha value is -3.23. The normalized spacial score (nSPS) is 14.5. The number of amides is 1. The molecule has 0 radical (unpaired) electrons. The Bertz CT molecular complexity index is 1390. The van der Waals surface area contributed by atoms with Gasteiger partial charge < -0.3 is 10.2 Å². The highest BCUT2D eigenvalue weighted by molar-refractivity contribution is 7.17. The van der Waals surface area contributed by atoms with Gasteiger partial charge in [0.15, 0.2) is 0 Å². The van der Waals surface area contributed by atoms with Gasteiger partial charge in [-0.2, -0.15) is 0 Å². The van der Waals surface area contributed by atoms with Crippen LogP contribution in [0.15, 0.2) is 58.7 Å². The van der Waals surface area contributed by atoms with Crippen LogP contribution in [0, 0.1) is 11.7 Å². The molecule has 1 aliphatic heterocycles. The van der Waals surface area contributed by atoms with Crippen LogP contribution in [-0.4, -0.2) is 29.0 Å². The molecule has 1 aliphatic rings. The third-order valence-electron chi connectivity index (χ3n) is 6.12. The summed E-state index contributed by atoms with van der Waals surface area (Å²) in [4.78, 5) is 34.9. The van der Waals surface area contributed by atoms with Crippen LogP contribution in [0.1, 0.15) is 18.4 Å². The third-order valence-corrected chi connectivity index (χ3v) is 7.34. The summed E-state index contributed by atoms with van der Waals surface area (Å²) in [5.41, 5.74) is 2.29. The number of carbonyl (C=O) groups is 1. The van der Waals surface area contributed by atoms with E-state index < -0.39 is 0 Å². The predicted molar refractivity (Wildman–Crippen MR) is 134 cm³/mol. The first-order valence-electron chi connectivity index (χ1n) is 11.0. The maximum Gasteiger partial charge on any atom is 0.270 e. The van der Waals surface area contributed by atoms with Crippen LogP contribution in [0.4, 0.5) is 10.3 Å². The molecule has 34 heavy (non-hydrogen) atoms. The fraction of sp³-hybridized carbons (Fsp3) is 0.240. The number of thiophene rings is 1. The first kappa shape index (κ1) is 22.6. The highest BCUT2D eigenvalue weighted by Crippen LogP contribution is 2.33. The Balaban J connectivity index is 1.28. The van der Waals surface area contributed by atoms with Crippen molar-refractivity contribution >= 4 is 45.0 Å². The zero-order valence-electron chi connectivity index (χ0n) is 18.2. The maximum atomic E-state index is 14.4. The van der Waals surface area contributed by atoms with E-state index in [9.17, 15) is 14.0 Å². The molecule has 9 heteroatoms. The number of hydrogen-bond donors (Lipinski definition) is 2. The number of benzene rings is 2. The van der Waals surface area contributed by atoms with Gasteiger partial charge in [0.25, 0.3) is 5.56 Å². The summed E-state index contributed by atoms with van der Waals surface area (Å²) in [5, 5.41) is 5.43. The van der Waals surface area contributed by atoms with Crippen molar-refractivity contribution in [2.75, 3.05) is 18.0 Å². The number of halogens is 2. The minimum absolute atomic E-state index is 0.0196. The lowest BCUT2D eigenvalue weighted by molar-refractivity contribution is -0.125. The van der Waals surface area contributed by atoms with Crippen LogP contribution >= 0.6 is 22.9 Å². The Kier molecular flexibility index (Phi) is 6.34. The largest absolute Gasteiger partial charge is 0.352 e. The molecule has 3 heterocycles. The molecule has 0 spiro atoms. The molecule has 0 aliphatic carbocycles. The van der Waals surface area contributed by atoms with Crippen molar-refractivity contribution in [1.82, 2.24) is 15.3 Å². The summed E-state index contributed by atoms with van der Waals surface area (Å²) in [6.07, 6.45) is 1.30. The van der Waals surface area contributed by atoms with Gasteiger partial charge in [0.2, 0.25) is 11.9 Å². The number of H-pyrrole nitrogens is 1. The van der Waals surface area contributed by atoms with Crippen molar-refractivity contribution in [2.24, 2.45) is 5.92 Å². The van der Waals surface area contributed by atoms with E-state index in [4.69, 9.17) is 16.6 Å². The van der Waals surface area contributed by atoms with Crippen molar-refractivity contribution < 1.29 is 9.18 Å². The molecule has 1 fully saturated rings. The summed E-state index contributed by atoms with van der Waals surface area (Å²) in [7, 11) is 0. The zero-order valence-corrected chi connectivity index (χ0v) is 19.8. The number of fused-ring (bicyclic) bond motifs is 1. The highest BCUT2D eigenvalue weighted by atomic mass is 35.5. The number of piperidine rings is 1. The average molecular weight is 497 g/mol. The van der Waals surface area contributed by atoms with Crippen molar-refractivity contribution in [3.63, 3.8) is 0 Å². The molecular formula is C25H22ClFN4O2S. The number of carbonyl (C=O) groups excluding carboxylic acids is 1. The fourth-order valence-corrected chi connectivity index (χ4v) is 5.25. The van der Waals surface area contributed by atoms with Gasteiger partial charge in [-0.25, -0.2) is 9.37 Å². The van der Waals surface area contributed by atoms with E-state index in [-0.39, 0.29) is 23.2 Å². The van der Waals surface area contributed by atoms with Crippen LogP contribution in [0.25, 0.3) is 21.3 Å². The van der Waals surface area contributed by atoms with Gasteiger partial charge in [-0.15, -0.1) is 11.3 Å². The molecule has 2 aromatic heterocycles. The van der Waals surface area contributed by atoms with Gasteiger partial charge in [-0.05, 0) is 36.6 Å². The second-order valence-electron chi connectivity index (χ2n) is 8.30. The van der Waals surface area contributed by atoms with E-state index >= 15 is 0 Å². The Morgan fingerprint density at radius 2 is 1.88 bits per heavy atom. The Morgan fingerprint density at radius 1 is 1.15 bits per heavy atom.